The van der Waals surface area contributed by atoms with E-state index in [0.29, 0.717) is 85.1 Å². The Balaban J connectivity index is 1.77. The lowest BCUT2D eigenvalue weighted by Gasteiger charge is -2.08. The molecule has 0 spiro atoms. The molecule has 1 N–H and O–H groups in total. The smallest absolute Gasteiger partial charge is 0.306 e. The molecule has 0 saturated carbocycles. The lowest BCUT2D eigenvalue weighted by molar-refractivity contribution is -0.145. The van der Waals surface area contributed by atoms with Crippen molar-refractivity contribution in [2.75, 3.05) is 59.4 Å². The van der Waals surface area contributed by atoms with Gasteiger partial charge in [-0.05, 0) is 37.7 Å². The summed E-state index contributed by atoms with van der Waals surface area (Å²) < 4.78 is 26.9. The SMILES string of the molecule is C#CCOCCCOCCCOCCCOCCNC(=O)CCCCC(=O)OCc1ccccc1. The Hall–Kier alpha value is -2.44. The number of hydrogen-bond donors (Lipinski definition) is 1. The van der Waals surface area contributed by atoms with E-state index >= 15 is 0 Å². The average molecular weight is 492 g/mol. The fourth-order valence-corrected chi connectivity index (χ4v) is 2.94. The van der Waals surface area contributed by atoms with Gasteiger partial charge in [0.05, 0.1) is 13.2 Å². The molecule has 0 aromatic heterocycles. The Labute approximate surface area is 210 Å². The topological polar surface area (TPSA) is 92.3 Å². The minimum Gasteiger partial charge on any atom is -0.461 e. The summed E-state index contributed by atoms with van der Waals surface area (Å²) in [7, 11) is 0. The Morgan fingerprint density at radius 3 is 1.94 bits per heavy atom. The van der Waals surface area contributed by atoms with Crippen LogP contribution >= 0.6 is 0 Å². The Bertz CT molecular complexity index is 691. The third-order valence-corrected chi connectivity index (χ3v) is 4.76. The molecule has 1 aromatic rings. The van der Waals surface area contributed by atoms with Gasteiger partial charge in [0, 0.05) is 52.4 Å². The number of amides is 1. The van der Waals surface area contributed by atoms with Gasteiger partial charge in [0.25, 0.3) is 0 Å². The van der Waals surface area contributed by atoms with Crippen molar-refractivity contribution < 1.29 is 33.3 Å². The largest absolute Gasteiger partial charge is 0.461 e. The van der Waals surface area contributed by atoms with Gasteiger partial charge in [-0.25, -0.2) is 0 Å². The summed E-state index contributed by atoms with van der Waals surface area (Å²) >= 11 is 0. The molecular formula is C27H41NO7. The van der Waals surface area contributed by atoms with Crippen LogP contribution in [0.3, 0.4) is 0 Å². The van der Waals surface area contributed by atoms with Crippen molar-refractivity contribution in [2.24, 2.45) is 0 Å². The lowest BCUT2D eigenvalue weighted by Crippen LogP contribution is -2.27. The van der Waals surface area contributed by atoms with E-state index in [0.717, 1.165) is 24.8 Å². The predicted molar refractivity (Wildman–Crippen MR) is 134 cm³/mol. The van der Waals surface area contributed by atoms with Gasteiger partial charge in [0.2, 0.25) is 5.91 Å². The van der Waals surface area contributed by atoms with Crippen molar-refractivity contribution in [3.63, 3.8) is 0 Å². The molecule has 0 heterocycles. The van der Waals surface area contributed by atoms with Gasteiger partial charge in [-0.1, -0.05) is 36.3 Å². The third kappa shape index (κ3) is 20.6. The molecule has 0 saturated heterocycles. The maximum Gasteiger partial charge on any atom is 0.306 e. The molecule has 196 valence electrons. The zero-order valence-corrected chi connectivity index (χ0v) is 20.8. The molecule has 0 aliphatic heterocycles. The highest BCUT2D eigenvalue weighted by Gasteiger charge is 2.05. The molecule has 1 amide bonds. The van der Waals surface area contributed by atoms with Crippen LogP contribution in [-0.4, -0.2) is 71.3 Å². The van der Waals surface area contributed by atoms with Crippen molar-refractivity contribution in [3.8, 4) is 12.3 Å². The number of hydrogen-bond acceptors (Lipinski definition) is 7. The maximum absolute atomic E-state index is 11.8. The van der Waals surface area contributed by atoms with Crippen molar-refractivity contribution in [2.45, 2.75) is 51.6 Å². The fraction of sp³-hybridized carbons (Fsp3) is 0.630. The van der Waals surface area contributed by atoms with Gasteiger partial charge in [-0.2, -0.15) is 0 Å². The van der Waals surface area contributed by atoms with Crippen molar-refractivity contribution in [1.82, 2.24) is 5.32 Å². The summed E-state index contributed by atoms with van der Waals surface area (Å²) in [5.74, 6) is 2.15. The standard InChI is InChI=1S/C27H41NO7/c1-2-16-31-17-8-18-32-19-9-20-33-21-10-22-34-23-15-28-26(29)13-6-7-14-27(30)35-24-25-11-4-3-5-12-25/h1,3-5,11-12H,6-10,13-24H2,(H,28,29). The van der Waals surface area contributed by atoms with Crippen LogP contribution in [0.5, 0.6) is 0 Å². The van der Waals surface area contributed by atoms with Crippen LogP contribution in [0.15, 0.2) is 30.3 Å². The number of unbranched alkanes of at least 4 members (excludes halogenated alkanes) is 1. The van der Waals surface area contributed by atoms with E-state index in [4.69, 9.17) is 30.1 Å². The average Bonchev–Trinajstić information content (AvgIpc) is 2.88. The monoisotopic (exact) mass is 491 g/mol. The van der Waals surface area contributed by atoms with E-state index in [2.05, 4.69) is 11.2 Å². The minimum absolute atomic E-state index is 0.0306. The van der Waals surface area contributed by atoms with Gasteiger partial charge >= 0.3 is 5.97 Å². The van der Waals surface area contributed by atoms with Crippen LogP contribution in [0.2, 0.25) is 0 Å². The fourth-order valence-electron chi connectivity index (χ4n) is 2.94. The summed E-state index contributed by atoms with van der Waals surface area (Å²) in [6.07, 6.45) is 9.58. The van der Waals surface area contributed by atoms with Gasteiger partial charge in [-0.15, -0.1) is 6.42 Å². The molecule has 0 unspecified atom stereocenters. The van der Waals surface area contributed by atoms with Gasteiger partial charge in [0.1, 0.15) is 13.2 Å². The highest BCUT2D eigenvalue weighted by atomic mass is 16.5. The number of rotatable bonds is 23. The number of carbonyl (C=O) groups excluding carboxylic acids is 2. The number of benzene rings is 1. The molecule has 0 radical (unpaired) electrons. The second-order valence-electron chi connectivity index (χ2n) is 7.86. The third-order valence-electron chi connectivity index (χ3n) is 4.76. The summed E-state index contributed by atoms with van der Waals surface area (Å²) in [6, 6.07) is 9.56. The second-order valence-corrected chi connectivity index (χ2v) is 7.86. The molecule has 0 fully saturated rings. The number of nitrogens with one attached hydrogen (secondary N) is 1. The quantitative estimate of drug-likeness (QED) is 0.143. The summed E-state index contributed by atoms with van der Waals surface area (Å²) in [6.45, 7) is 5.43. The van der Waals surface area contributed by atoms with Crippen molar-refractivity contribution >= 4 is 11.9 Å². The van der Waals surface area contributed by atoms with E-state index < -0.39 is 0 Å². The van der Waals surface area contributed by atoms with Crippen LogP contribution in [0, 0.1) is 12.3 Å². The first-order valence-corrected chi connectivity index (χ1v) is 12.4. The summed E-state index contributed by atoms with van der Waals surface area (Å²) in [4.78, 5) is 23.6. The van der Waals surface area contributed by atoms with E-state index in [1.165, 1.54) is 0 Å². The van der Waals surface area contributed by atoms with Crippen LogP contribution in [0.4, 0.5) is 0 Å². The molecule has 1 rings (SSSR count). The van der Waals surface area contributed by atoms with Crippen molar-refractivity contribution in [3.05, 3.63) is 35.9 Å². The first-order chi connectivity index (χ1) is 17.2. The number of carbonyl (C=O) groups is 2. The minimum atomic E-state index is -0.238. The summed E-state index contributed by atoms with van der Waals surface area (Å²) in [5.41, 5.74) is 0.964. The van der Waals surface area contributed by atoms with Crippen LogP contribution in [0.1, 0.15) is 50.5 Å². The van der Waals surface area contributed by atoms with E-state index in [-0.39, 0.29) is 18.5 Å². The normalized spacial score (nSPS) is 10.6. The zero-order chi connectivity index (χ0) is 25.2. The number of ether oxygens (including phenoxy) is 5. The first kappa shape index (κ1) is 30.6. The highest BCUT2D eigenvalue weighted by Crippen LogP contribution is 2.05. The number of esters is 1. The molecule has 0 bridgehead atoms. The lowest BCUT2D eigenvalue weighted by atomic mass is 10.2. The molecule has 0 atom stereocenters. The second kappa shape index (κ2) is 23.3. The Morgan fingerprint density at radius 1 is 0.743 bits per heavy atom. The Morgan fingerprint density at radius 2 is 1.31 bits per heavy atom. The molecule has 0 aliphatic rings. The number of terminal acetylenes is 1. The Kier molecular flexibility index (Phi) is 20.4. The maximum atomic E-state index is 11.8. The van der Waals surface area contributed by atoms with E-state index in [1.54, 1.807) is 0 Å². The summed E-state index contributed by atoms with van der Waals surface area (Å²) in [5, 5.41) is 2.83. The molecule has 1 aromatic carbocycles. The van der Waals surface area contributed by atoms with Crippen LogP contribution in [-0.2, 0) is 39.9 Å². The molecule has 35 heavy (non-hydrogen) atoms. The van der Waals surface area contributed by atoms with E-state index in [9.17, 15) is 9.59 Å². The molecule has 0 aliphatic carbocycles. The first-order valence-electron chi connectivity index (χ1n) is 12.4. The molecular weight excluding hydrogens is 450 g/mol. The van der Waals surface area contributed by atoms with Crippen LogP contribution in [0.25, 0.3) is 0 Å². The van der Waals surface area contributed by atoms with Gasteiger partial charge < -0.3 is 29.0 Å². The molecule has 8 nitrogen and oxygen atoms in total. The van der Waals surface area contributed by atoms with E-state index in [1.807, 2.05) is 30.3 Å². The molecule has 8 heteroatoms. The van der Waals surface area contributed by atoms with Crippen molar-refractivity contribution in [1.29, 1.82) is 0 Å². The van der Waals surface area contributed by atoms with Crippen LogP contribution < -0.4 is 5.32 Å². The van der Waals surface area contributed by atoms with Gasteiger partial charge in [-0.3, -0.25) is 9.59 Å². The predicted octanol–water partition coefficient (Wildman–Crippen LogP) is 3.28. The van der Waals surface area contributed by atoms with Gasteiger partial charge in [0.15, 0.2) is 0 Å². The highest BCUT2D eigenvalue weighted by molar-refractivity contribution is 5.75. The zero-order valence-electron chi connectivity index (χ0n) is 20.8.